The normalized spacial score (nSPS) is 40.2. The first kappa shape index (κ1) is 26.2. The Morgan fingerprint density at radius 3 is 2.59 bits per heavy atom. The van der Waals surface area contributed by atoms with Crippen molar-refractivity contribution in [1.29, 1.82) is 0 Å². The van der Waals surface area contributed by atoms with E-state index in [4.69, 9.17) is 9.47 Å². The molecule has 0 spiro atoms. The van der Waals surface area contributed by atoms with Crippen molar-refractivity contribution >= 4 is 5.97 Å². The molecule has 4 rings (SSSR count). The fourth-order valence-corrected chi connectivity index (χ4v) is 9.16. The number of rotatable bonds is 9. The molecule has 3 fully saturated rings. The van der Waals surface area contributed by atoms with E-state index >= 15 is 0 Å². The van der Waals surface area contributed by atoms with Gasteiger partial charge in [0.05, 0.1) is 0 Å². The number of fused-ring (bicyclic) bond motifs is 5. The Bertz CT molecular complexity index is 741. The topological polar surface area (TPSA) is 35.5 Å². The lowest BCUT2D eigenvalue weighted by molar-refractivity contribution is -0.156. The molecule has 0 heterocycles. The number of ether oxygens (including phenoxy) is 2. The zero-order chi connectivity index (χ0) is 24.5. The van der Waals surface area contributed by atoms with Gasteiger partial charge in [-0.15, -0.1) is 0 Å². The van der Waals surface area contributed by atoms with E-state index in [-0.39, 0.29) is 18.7 Å². The molecule has 3 heteroatoms. The highest BCUT2D eigenvalue weighted by atomic mass is 16.6. The molecule has 4 aliphatic carbocycles. The largest absolute Gasteiger partial charge is 0.460 e. The van der Waals surface area contributed by atoms with Crippen LogP contribution in [0.5, 0.6) is 0 Å². The fourth-order valence-electron chi connectivity index (χ4n) is 9.16. The second-order valence-electron chi connectivity index (χ2n) is 13.3. The first-order valence-electron chi connectivity index (χ1n) is 14.7. The molecule has 3 nitrogen and oxygen atoms in total. The van der Waals surface area contributed by atoms with Gasteiger partial charge in [-0.25, -0.2) is 4.79 Å². The van der Waals surface area contributed by atoms with Gasteiger partial charge in [0, 0.05) is 13.0 Å². The van der Waals surface area contributed by atoms with E-state index in [1.165, 1.54) is 57.8 Å². The summed E-state index contributed by atoms with van der Waals surface area (Å²) in [4.78, 5) is 12.1. The van der Waals surface area contributed by atoms with Crippen molar-refractivity contribution < 1.29 is 14.3 Å². The van der Waals surface area contributed by atoms with Gasteiger partial charge in [-0.1, -0.05) is 65.5 Å². The predicted molar refractivity (Wildman–Crippen MR) is 139 cm³/mol. The molecular formula is C31H52O3. The van der Waals surface area contributed by atoms with E-state index in [0.717, 1.165) is 48.3 Å². The summed E-state index contributed by atoms with van der Waals surface area (Å²) in [5.41, 5.74) is 2.45. The van der Waals surface area contributed by atoms with E-state index in [1.54, 1.807) is 5.57 Å². The maximum atomic E-state index is 12.1. The highest BCUT2D eigenvalue weighted by Crippen LogP contribution is 2.67. The minimum Gasteiger partial charge on any atom is -0.460 e. The Morgan fingerprint density at radius 2 is 1.85 bits per heavy atom. The summed E-state index contributed by atoms with van der Waals surface area (Å²) in [5.74, 6) is 5.01. The van der Waals surface area contributed by atoms with Crippen molar-refractivity contribution in [3.8, 4) is 0 Å². The Kier molecular flexibility index (Phi) is 8.22. The molecular weight excluding hydrogens is 420 g/mol. The molecule has 4 aliphatic rings. The van der Waals surface area contributed by atoms with Crippen LogP contribution in [-0.4, -0.2) is 25.3 Å². The molecule has 0 aromatic carbocycles. The van der Waals surface area contributed by atoms with Crippen molar-refractivity contribution in [2.75, 3.05) is 13.2 Å². The van der Waals surface area contributed by atoms with Crippen molar-refractivity contribution in [3.63, 3.8) is 0 Å². The Hall–Kier alpha value is -0.830. The van der Waals surface area contributed by atoms with Gasteiger partial charge < -0.3 is 9.47 Å². The standard InChI is InChI=1S/C31H52O3/c1-7-33-20-29(32)34-24-15-17-30(5)23(19-24)11-12-25-27-14-13-26(22(4)10-8-9-21(2)3)31(27,6)18-16-28(25)30/h11,21-22,24-28H,7-10,12-20H2,1-6H3. The third-order valence-corrected chi connectivity index (χ3v) is 11.0. The first-order chi connectivity index (χ1) is 16.2. The van der Waals surface area contributed by atoms with Crippen molar-refractivity contribution in [2.24, 2.45) is 46.3 Å². The van der Waals surface area contributed by atoms with Crippen LogP contribution < -0.4 is 0 Å². The van der Waals surface area contributed by atoms with Crippen LogP contribution >= 0.6 is 0 Å². The third kappa shape index (κ3) is 5.02. The van der Waals surface area contributed by atoms with Gasteiger partial charge >= 0.3 is 5.97 Å². The number of carbonyl (C=O) groups is 1. The molecule has 0 aromatic rings. The first-order valence-corrected chi connectivity index (χ1v) is 14.7. The Balaban J connectivity index is 1.41. The van der Waals surface area contributed by atoms with E-state index < -0.39 is 0 Å². The molecule has 194 valence electrons. The van der Waals surface area contributed by atoms with Crippen LogP contribution in [0.3, 0.4) is 0 Å². The van der Waals surface area contributed by atoms with Crippen LogP contribution in [-0.2, 0) is 14.3 Å². The SMILES string of the molecule is CCOCC(=O)OC1CCC2(C)C(=CCC3C2CCC2(C)C(C(C)CCCC(C)C)CCC32)C1. The quantitative estimate of drug-likeness (QED) is 0.252. The highest BCUT2D eigenvalue weighted by molar-refractivity contribution is 5.71. The molecule has 0 amide bonds. The summed E-state index contributed by atoms with van der Waals surface area (Å²) in [5, 5.41) is 0. The number of esters is 1. The molecule has 8 atom stereocenters. The molecule has 0 N–H and O–H groups in total. The molecule has 0 radical (unpaired) electrons. The number of carbonyl (C=O) groups excluding carboxylic acids is 1. The second kappa shape index (κ2) is 10.7. The van der Waals surface area contributed by atoms with Crippen molar-refractivity contribution in [2.45, 2.75) is 118 Å². The molecule has 0 saturated heterocycles. The number of allylic oxidation sites excluding steroid dienone is 1. The molecule has 3 saturated carbocycles. The molecule has 0 bridgehead atoms. The summed E-state index contributed by atoms with van der Waals surface area (Å²) in [6.45, 7) is 15.1. The Labute approximate surface area is 209 Å². The molecule has 0 aliphatic heterocycles. The maximum absolute atomic E-state index is 12.1. The van der Waals surface area contributed by atoms with E-state index in [9.17, 15) is 4.79 Å². The summed E-state index contributed by atoms with van der Waals surface area (Å²) < 4.78 is 11.0. The third-order valence-electron chi connectivity index (χ3n) is 11.0. The monoisotopic (exact) mass is 472 g/mol. The van der Waals surface area contributed by atoms with Gasteiger partial charge in [0.2, 0.25) is 0 Å². The van der Waals surface area contributed by atoms with Crippen LogP contribution in [0.15, 0.2) is 11.6 Å². The maximum Gasteiger partial charge on any atom is 0.332 e. The van der Waals surface area contributed by atoms with E-state index in [0.29, 0.717) is 17.4 Å². The lowest BCUT2D eigenvalue weighted by Gasteiger charge is -2.58. The predicted octanol–water partition coefficient (Wildman–Crippen LogP) is 7.98. The van der Waals surface area contributed by atoms with Gasteiger partial charge in [-0.05, 0) is 98.2 Å². The van der Waals surface area contributed by atoms with Crippen LogP contribution in [0.25, 0.3) is 0 Å². The smallest absolute Gasteiger partial charge is 0.332 e. The van der Waals surface area contributed by atoms with Gasteiger partial charge in [0.15, 0.2) is 0 Å². The van der Waals surface area contributed by atoms with Gasteiger partial charge in [-0.3, -0.25) is 0 Å². The fraction of sp³-hybridized carbons (Fsp3) is 0.903. The van der Waals surface area contributed by atoms with Crippen LogP contribution in [0, 0.1) is 46.3 Å². The van der Waals surface area contributed by atoms with Gasteiger partial charge in [0.25, 0.3) is 0 Å². The van der Waals surface area contributed by atoms with E-state index in [1.807, 2.05) is 6.92 Å². The Morgan fingerprint density at radius 1 is 1.06 bits per heavy atom. The van der Waals surface area contributed by atoms with Crippen molar-refractivity contribution in [3.05, 3.63) is 11.6 Å². The average molecular weight is 473 g/mol. The second-order valence-corrected chi connectivity index (χ2v) is 13.3. The summed E-state index contributed by atoms with van der Waals surface area (Å²) in [6.07, 6.45) is 16.9. The van der Waals surface area contributed by atoms with Crippen LogP contribution in [0.1, 0.15) is 112 Å². The van der Waals surface area contributed by atoms with Crippen molar-refractivity contribution in [1.82, 2.24) is 0 Å². The molecule has 34 heavy (non-hydrogen) atoms. The minimum absolute atomic E-state index is 0.0419. The molecule has 8 unspecified atom stereocenters. The number of hydrogen-bond donors (Lipinski definition) is 0. The summed E-state index contributed by atoms with van der Waals surface area (Å²) >= 11 is 0. The average Bonchev–Trinajstić information content (AvgIpc) is 3.15. The lowest BCUT2D eigenvalue weighted by Crippen LogP contribution is -2.51. The van der Waals surface area contributed by atoms with E-state index in [2.05, 4.69) is 40.7 Å². The van der Waals surface area contributed by atoms with Gasteiger partial charge in [-0.2, -0.15) is 0 Å². The molecule has 0 aromatic heterocycles. The lowest BCUT2D eigenvalue weighted by atomic mass is 9.47. The minimum atomic E-state index is -0.197. The zero-order valence-electron chi connectivity index (χ0n) is 23.0. The summed E-state index contributed by atoms with van der Waals surface area (Å²) in [7, 11) is 0. The summed E-state index contributed by atoms with van der Waals surface area (Å²) in [6, 6.07) is 0. The zero-order valence-corrected chi connectivity index (χ0v) is 23.0. The number of hydrogen-bond acceptors (Lipinski definition) is 3. The van der Waals surface area contributed by atoms with Gasteiger partial charge in [0.1, 0.15) is 12.7 Å². The van der Waals surface area contributed by atoms with Crippen LogP contribution in [0.4, 0.5) is 0 Å². The highest BCUT2D eigenvalue weighted by Gasteiger charge is 2.59. The van der Waals surface area contributed by atoms with Crippen LogP contribution in [0.2, 0.25) is 0 Å².